The van der Waals surface area contributed by atoms with Gasteiger partial charge in [-0.3, -0.25) is 0 Å². The minimum atomic E-state index is -1.07. The van der Waals surface area contributed by atoms with Crippen molar-refractivity contribution in [1.82, 2.24) is 0 Å². The molecule has 0 bridgehead atoms. The molecule has 0 radical (unpaired) electrons. The highest BCUT2D eigenvalue weighted by Gasteiger charge is 2.17. The quantitative estimate of drug-likeness (QED) is 0.630. The van der Waals surface area contributed by atoms with Crippen LogP contribution in [0.5, 0.6) is 17.2 Å². The van der Waals surface area contributed by atoms with Crippen LogP contribution in [0.2, 0.25) is 0 Å². The van der Waals surface area contributed by atoms with Crippen LogP contribution in [-0.4, -0.2) is 18.2 Å². The fraction of sp³-hybridized carbons (Fsp3) is 0.0714. The third-order valence-electron chi connectivity index (χ3n) is 2.62. The maximum atomic E-state index is 11.3. The zero-order chi connectivity index (χ0) is 15.6. The van der Waals surface area contributed by atoms with Crippen LogP contribution in [0.1, 0.15) is 10.4 Å². The van der Waals surface area contributed by atoms with Gasteiger partial charge in [0.1, 0.15) is 22.8 Å². The van der Waals surface area contributed by atoms with Gasteiger partial charge in [0.25, 0.3) is 0 Å². The Morgan fingerprint density at radius 2 is 1.62 bits per heavy atom. The van der Waals surface area contributed by atoms with Crippen molar-refractivity contribution < 1.29 is 19.4 Å². The number of carboxylic acids is 1. The fourth-order valence-corrected chi connectivity index (χ4v) is 3.07. The molecule has 0 fully saturated rings. The lowest BCUT2D eigenvalue weighted by Crippen LogP contribution is -2.01. The third kappa shape index (κ3) is 3.59. The molecular weight excluding hydrogens is 472 g/mol. The Balaban J connectivity index is 2.46. The number of benzene rings is 2. The molecule has 1 N–H and O–H groups in total. The number of methoxy groups -OCH3 is 1. The molecule has 7 heteroatoms. The molecule has 0 aliphatic heterocycles. The first-order valence-corrected chi connectivity index (χ1v) is 8.04. The molecule has 2 aromatic carbocycles. The topological polar surface area (TPSA) is 55.8 Å². The number of ether oxygens (including phenoxy) is 2. The van der Waals surface area contributed by atoms with E-state index in [1.54, 1.807) is 37.4 Å². The van der Waals surface area contributed by atoms with Crippen molar-refractivity contribution in [3.05, 3.63) is 49.3 Å². The van der Waals surface area contributed by atoms with E-state index in [0.717, 1.165) is 0 Å². The summed E-state index contributed by atoms with van der Waals surface area (Å²) in [5.41, 5.74) is 0.0661. The Labute approximate surface area is 146 Å². The van der Waals surface area contributed by atoms with Gasteiger partial charge in [-0.2, -0.15) is 0 Å². The summed E-state index contributed by atoms with van der Waals surface area (Å²) in [5, 5.41) is 9.28. The van der Waals surface area contributed by atoms with Crippen molar-refractivity contribution >= 4 is 53.8 Å². The van der Waals surface area contributed by atoms with Crippen LogP contribution in [0.15, 0.2) is 43.7 Å². The van der Waals surface area contributed by atoms with Crippen LogP contribution < -0.4 is 9.47 Å². The van der Waals surface area contributed by atoms with E-state index in [-0.39, 0.29) is 11.3 Å². The highest BCUT2D eigenvalue weighted by atomic mass is 79.9. The molecule has 110 valence electrons. The highest BCUT2D eigenvalue weighted by Crippen LogP contribution is 2.39. The molecule has 0 unspecified atom stereocenters. The van der Waals surface area contributed by atoms with E-state index in [0.29, 0.717) is 24.9 Å². The summed E-state index contributed by atoms with van der Waals surface area (Å²) in [6.07, 6.45) is 0. The minimum absolute atomic E-state index is 0.0661. The van der Waals surface area contributed by atoms with Gasteiger partial charge in [0, 0.05) is 4.47 Å². The van der Waals surface area contributed by atoms with E-state index in [4.69, 9.17) is 9.47 Å². The maximum Gasteiger partial charge on any atom is 0.340 e. The number of halogens is 3. The van der Waals surface area contributed by atoms with Gasteiger partial charge in [-0.05, 0) is 72.1 Å². The number of hydrogen-bond donors (Lipinski definition) is 1. The Hall–Kier alpha value is -1.05. The van der Waals surface area contributed by atoms with Gasteiger partial charge in [0.2, 0.25) is 0 Å². The molecule has 0 aliphatic rings. The van der Waals surface area contributed by atoms with Crippen molar-refractivity contribution in [2.45, 2.75) is 0 Å². The summed E-state index contributed by atoms with van der Waals surface area (Å²) in [6.45, 7) is 0. The van der Waals surface area contributed by atoms with E-state index < -0.39 is 5.97 Å². The van der Waals surface area contributed by atoms with Gasteiger partial charge < -0.3 is 14.6 Å². The molecule has 0 aliphatic carbocycles. The average molecular weight is 481 g/mol. The van der Waals surface area contributed by atoms with Crippen LogP contribution in [0.3, 0.4) is 0 Å². The maximum absolute atomic E-state index is 11.3. The molecule has 2 rings (SSSR count). The SMILES string of the molecule is COc1cc(Br)c(Oc2cccc(Br)c2C(=O)O)cc1Br. The summed E-state index contributed by atoms with van der Waals surface area (Å²) in [5.74, 6) is 0.293. The van der Waals surface area contributed by atoms with Gasteiger partial charge in [-0.25, -0.2) is 4.79 Å². The zero-order valence-electron chi connectivity index (χ0n) is 10.7. The first-order chi connectivity index (χ1) is 9.93. The summed E-state index contributed by atoms with van der Waals surface area (Å²) in [7, 11) is 1.56. The van der Waals surface area contributed by atoms with Crippen molar-refractivity contribution in [3.8, 4) is 17.2 Å². The van der Waals surface area contributed by atoms with Gasteiger partial charge in [0.05, 0.1) is 16.1 Å². The number of hydrogen-bond acceptors (Lipinski definition) is 3. The smallest absolute Gasteiger partial charge is 0.340 e. The Morgan fingerprint density at radius 1 is 1.00 bits per heavy atom. The number of rotatable bonds is 4. The van der Waals surface area contributed by atoms with Crippen LogP contribution in [0.4, 0.5) is 0 Å². The van der Waals surface area contributed by atoms with Crippen molar-refractivity contribution in [1.29, 1.82) is 0 Å². The molecule has 2 aromatic rings. The first-order valence-electron chi connectivity index (χ1n) is 5.66. The predicted molar refractivity (Wildman–Crippen MR) is 89.6 cm³/mol. The molecule has 4 nitrogen and oxygen atoms in total. The number of carboxylic acid groups (broad SMARTS) is 1. The lowest BCUT2D eigenvalue weighted by molar-refractivity contribution is 0.0693. The van der Waals surface area contributed by atoms with Crippen LogP contribution in [-0.2, 0) is 0 Å². The molecule has 0 aromatic heterocycles. The molecule has 21 heavy (non-hydrogen) atoms. The van der Waals surface area contributed by atoms with Gasteiger partial charge >= 0.3 is 5.97 Å². The third-order valence-corrected chi connectivity index (χ3v) is 4.52. The molecule has 0 atom stereocenters. The van der Waals surface area contributed by atoms with Crippen molar-refractivity contribution in [3.63, 3.8) is 0 Å². The van der Waals surface area contributed by atoms with Crippen molar-refractivity contribution in [2.75, 3.05) is 7.11 Å². The fourth-order valence-electron chi connectivity index (χ4n) is 1.66. The molecule has 0 spiro atoms. The summed E-state index contributed by atoms with van der Waals surface area (Å²) >= 11 is 9.96. The lowest BCUT2D eigenvalue weighted by Gasteiger charge is -2.13. The Morgan fingerprint density at radius 3 is 2.24 bits per heavy atom. The molecule has 0 saturated carbocycles. The first kappa shape index (κ1) is 16.3. The monoisotopic (exact) mass is 478 g/mol. The summed E-state index contributed by atoms with van der Waals surface area (Å²) in [4.78, 5) is 11.3. The van der Waals surface area contributed by atoms with Gasteiger partial charge in [-0.1, -0.05) is 6.07 Å². The average Bonchev–Trinajstić information content (AvgIpc) is 2.42. The molecule has 0 amide bonds. The standard InChI is InChI=1S/C14H9Br3O4/c1-20-11-5-9(17)12(6-8(11)16)21-10-4-2-3-7(15)13(10)14(18)19/h2-6H,1H3,(H,18,19). The number of aromatic carboxylic acids is 1. The Bertz CT molecular complexity index is 701. The van der Waals surface area contributed by atoms with Gasteiger partial charge in [-0.15, -0.1) is 0 Å². The largest absolute Gasteiger partial charge is 0.496 e. The second-order valence-corrected chi connectivity index (χ2v) is 6.50. The summed E-state index contributed by atoms with van der Waals surface area (Å²) < 4.78 is 12.7. The normalized spacial score (nSPS) is 10.3. The van der Waals surface area contributed by atoms with Crippen LogP contribution in [0.25, 0.3) is 0 Å². The zero-order valence-corrected chi connectivity index (χ0v) is 15.5. The Kier molecular flexibility index (Phi) is 5.29. The molecular formula is C14H9Br3O4. The van der Waals surface area contributed by atoms with E-state index in [2.05, 4.69) is 47.8 Å². The van der Waals surface area contributed by atoms with E-state index in [9.17, 15) is 9.90 Å². The molecule has 0 heterocycles. The second-order valence-electron chi connectivity index (χ2n) is 3.94. The minimum Gasteiger partial charge on any atom is -0.496 e. The number of carbonyl (C=O) groups is 1. The van der Waals surface area contributed by atoms with Crippen LogP contribution in [0, 0.1) is 0 Å². The van der Waals surface area contributed by atoms with Gasteiger partial charge in [0.15, 0.2) is 0 Å². The van der Waals surface area contributed by atoms with E-state index in [1.807, 2.05) is 0 Å². The van der Waals surface area contributed by atoms with E-state index >= 15 is 0 Å². The van der Waals surface area contributed by atoms with E-state index in [1.165, 1.54) is 0 Å². The predicted octanol–water partition coefficient (Wildman–Crippen LogP) is 5.47. The summed E-state index contributed by atoms with van der Waals surface area (Å²) in [6, 6.07) is 8.39. The lowest BCUT2D eigenvalue weighted by atomic mass is 10.2. The molecule has 0 saturated heterocycles. The highest BCUT2D eigenvalue weighted by molar-refractivity contribution is 9.11. The second kappa shape index (κ2) is 6.81. The van der Waals surface area contributed by atoms with Crippen molar-refractivity contribution in [2.24, 2.45) is 0 Å². The van der Waals surface area contributed by atoms with Crippen LogP contribution >= 0.6 is 47.8 Å².